The Morgan fingerprint density at radius 2 is 1.00 bits per heavy atom. The second kappa shape index (κ2) is 15.9. The Hall–Kier alpha value is 3.71. The molecule has 0 heterocycles. The van der Waals surface area contributed by atoms with E-state index >= 15 is 0 Å². The van der Waals surface area contributed by atoms with Crippen LogP contribution in [0.4, 0.5) is 0 Å². The summed E-state index contributed by atoms with van der Waals surface area (Å²) in [6.07, 6.45) is 0. The first-order valence-electron chi connectivity index (χ1n) is 0.236. The molecule has 0 amide bonds. The molecule has 1 unspecified atom stereocenters. The third-order valence-corrected chi connectivity index (χ3v) is 0. The first kappa shape index (κ1) is 15.6. The van der Waals surface area contributed by atoms with Crippen LogP contribution in [0.25, 0.3) is 0 Å². The van der Waals surface area contributed by atoms with Gasteiger partial charge in [0.25, 0.3) is 0 Å². The van der Waals surface area contributed by atoms with Gasteiger partial charge in [-0.15, -0.1) is 0 Å². The van der Waals surface area contributed by atoms with Gasteiger partial charge >= 0.3 is 125 Å². The smallest absolute Gasteiger partial charge is 0.0801 e. The Morgan fingerprint density at radius 1 is 1.00 bits per heavy atom. The minimum absolute atomic E-state index is 0. The molecular formula is H2OPRb2+3. The van der Waals surface area contributed by atoms with E-state index in [0.717, 1.165) is 0 Å². The minimum Gasteiger partial charge on any atom is -0.0801 e. The average Bonchev–Trinajstić information content (AvgIpc) is 1.00. The van der Waals surface area contributed by atoms with E-state index in [-0.39, 0.29) is 116 Å². The van der Waals surface area contributed by atoms with Gasteiger partial charge in [0.15, 0.2) is 0 Å². The van der Waals surface area contributed by atoms with Crippen molar-refractivity contribution in [3.05, 3.63) is 0 Å². The molecule has 0 rings (SSSR count). The molecule has 0 aliphatic rings. The zero-order chi connectivity index (χ0) is 2.00. The second-order valence-corrected chi connectivity index (χ2v) is 0. The fourth-order valence-electron chi connectivity index (χ4n) is 0. The fourth-order valence-corrected chi connectivity index (χ4v) is 0. The van der Waals surface area contributed by atoms with Crippen LogP contribution in [0.1, 0.15) is 0 Å². The molecule has 0 bridgehead atoms. The van der Waals surface area contributed by atoms with Gasteiger partial charge in [-0.25, -0.2) is 0 Å². The second-order valence-electron chi connectivity index (χ2n) is 0. The van der Waals surface area contributed by atoms with Crippen LogP contribution < -0.4 is 116 Å². The SMILES string of the molecule is O=[PH2+].[Rb+].[Rb+]. The minimum atomic E-state index is 0. The molecule has 0 aromatic heterocycles. The maximum Gasteiger partial charge on any atom is 1.00 e. The van der Waals surface area contributed by atoms with Crippen LogP contribution in [-0.4, -0.2) is 0 Å². The molecule has 4 heteroatoms. The summed E-state index contributed by atoms with van der Waals surface area (Å²) in [7, 11) is 1.17. The summed E-state index contributed by atoms with van der Waals surface area (Å²) >= 11 is 0. The predicted octanol–water partition coefficient (Wildman–Crippen LogP) is -5.78. The van der Waals surface area contributed by atoms with Gasteiger partial charge in [0.2, 0.25) is 0 Å². The van der Waals surface area contributed by atoms with Crippen LogP contribution in [0.3, 0.4) is 0 Å². The van der Waals surface area contributed by atoms with Gasteiger partial charge in [-0.05, 0) is 0 Å². The van der Waals surface area contributed by atoms with Gasteiger partial charge in [0, 0.05) is 0 Å². The van der Waals surface area contributed by atoms with Gasteiger partial charge in [0.1, 0.15) is 0 Å². The molecule has 0 aliphatic heterocycles. The van der Waals surface area contributed by atoms with Crippen molar-refractivity contribution in [1.29, 1.82) is 0 Å². The summed E-state index contributed by atoms with van der Waals surface area (Å²) in [5.41, 5.74) is 0. The summed E-state index contributed by atoms with van der Waals surface area (Å²) in [6.45, 7) is 0. The van der Waals surface area contributed by atoms with Crippen LogP contribution in [0.2, 0.25) is 0 Å². The van der Waals surface area contributed by atoms with E-state index in [1.165, 1.54) is 9.12 Å². The molecule has 0 N–H and O–H groups in total. The Morgan fingerprint density at radius 3 is 1.00 bits per heavy atom. The molecule has 0 saturated heterocycles. The first-order chi connectivity index (χ1) is 1.00. The molecule has 12 valence electrons. The van der Waals surface area contributed by atoms with Crippen LogP contribution in [0.5, 0.6) is 0 Å². The third kappa shape index (κ3) is 9.20. The molecular weight excluding hydrogens is 218 g/mol. The van der Waals surface area contributed by atoms with Crippen molar-refractivity contribution < 1.29 is 121 Å². The first-order valence-corrected chi connectivity index (χ1v) is 0.707. The Balaban J connectivity index is -0.00000000500. The Labute approximate surface area is 125 Å². The standard InChI is InChI=1S/H2OP.2Rb/c1-2;;/h2H2;;/q3*+1. The summed E-state index contributed by atoms with van der Waals surface area (Å²) in [6, 6.07) is 0. The molecule has 0 aliphatic carbocycles. The quantitative estimate of drug-likeness (QED) is 0.372. The summed E-state index contributed by atoms with van der Waals surface area (Å²) in [5.74, 6) is 0. The summed E-state index contributed by atoms with van der Waals surface area (Å²) in [5, 5.41) is 0. The zero-order valence-corrected chi connectivity index (χ0v) is 14.0. The normalized spacial score (nSPS) is 1.00. The Kier molecular flexibility index (Phi) is 62.2. The van der Waals surface area contributed by atoms with Crippen molar-refractivity contribution in [2.45, 2.75) is 0 Å². The number of hydrogen-bond acceptors (Lipinski definition) is 1. The van der Waals surface area contributed by atoms with E-state index in [4.69, 9.17) is 4.57 Å². The molecule has 0 radical (unpaired) electrons. The van der Waals surface area contributed by atoms with E-state index in [0.29, 0.717) is 0 Å². The molecule has 1 atom stereocenters. The van der Waals surface area contributed by atoms with Gasteiger partial charge < -0.3 is 0 Å². The topological polar surface area (TPSA) is 17.1 Å². The van der Waals surface area contributed by atoms with E-state index in [9.17, 15) is 0 Å². The molecule has 0 fully saturated rings. The monoisotopic (exact) mass is 219 g/mol. The van der Waals surface area contributed by atoms with Crippen molar-refractivity contribution in [3.8, 4) is 0 Å². The van der Waals surface area contributed by atoms with Crippen molar-refractivity contribution in [3.63, 3.8) is 0 Å². The largest absolute Gasteiger partial charge is 1.00 e. The van der Waals surface area contributed by atoms with Gasteiger partial charge in [-0.1, -0.05) is 4.57 Å². The van der Waals surface area contributed by atoms with Crippen molar-refractivity contribution in [2.75, 3.05) is 0 Å². The predicted molar refractivity (Wildman–Crippen MR) is 10.4 cm³/mol. The molecule has 0 saturated carbocycles. The van der Waals surface area contributed by atoms with Gasteiger partial charge in [-0.2, -0.15) is 0 Å². The van der Waals surface area contributed by atoms with Gasteiger partial charge in [0.05, 0.1) is 0 Å². The molecule has 0 spiro atoms. The van der Waals surface area contributed by atoms with Crippen LogP contribution in [0, 0.1) is 0 Å². The van der Waals surface area contributed by atoms with Crippen LogP contribution in [-0.2, 0) is 4.57 Å². The van der Waals surface area contributed by atoms with Crippen LogP contribution >= 0.6 is 9.12 Å². The van der Waals surface area contributed by atoms with Gasteiger partial charge in [-0.3, -0.25) is 0 Å². The number of hydrogen-bond donors (Lipinski definition) is 0. The van der Waals surface area contributed by atoms with E-state index in [2.05, 4.69) is 0 Å². The van der Waals surface area contributed by atoms with E-state index < -0.39 is 0 Å². The average molecular weight is 220 g/mol. The van der Waals surface area contributed by atoms with Crippen molar-refractivity contribution in [2.24, 2.45) is 0 Å². The number of rotatable bonds is 0. The third-order valence-electron chi connectivity index (χ3n) is 0. The zero-order valence-electron chi connectivity index (χ0n) is 2.99. The van der Waals surface area contributed by atoms with Crippen LogP contribution in [0.15, 0.2) is 0 Å². The van der Waals surface area contributed by atoms with E-state index in [1.807, 2.05) is 0 Å². The summed E-state index contributed by atoms with van der Waals surface area (Å²) in [4.78, 5) is 0. The summed E-state index contributed by atoms with van der Waals surface area (Å²) < 4.78 is 8.17. The molecule has 4 heavy (non-hydrogen) atoms. The maximum absolute atomic E-state index is 8.17. The van der Waals surface area contributed by atoms with Crippen molar-refractivity contribution in [1.82, 2.24) is 0 Å². The molecule has 0 aromatic carbocycles. The molecule has 1 nitrogen and oxygen atoms in total. The van der Waals surface area contributed by atoms with Crippen molar-refractivity contribution >= 4 is 9.12 Å². The van der Waals surface area contributed by atoms with E-state index in [1.54, 1.807) is 0 Å². The fraction of sp³-hybridized carbons (Fsp3) is 0. The maximum atomic E-state index is 8.17. The molecule has 0 aromatic rings. The Bertz CT molecular complexity index is 6.00.